The molecule has 1 aromatic carbocycles. The van der Waals surface area contributed by atoms with Crippen LogP contribution in [0.5, 0.6) is 0 Å². The number of hydrogen-bond donors (Lipinski definition) is 3. The van der Waals surface area contributed by atoms with Crippen molar-refractivity contribution in [3.05, 3.63) is 35.9 Å². The van der Waals surface area contributed by atoms with Gasteiger partial charge in [0, 0.05) is 12.5 Å². The summed E-state index contributed by atoms with van der Waals surface area (Å²) in [5, 5.41) is 15.8. The van der Waals surface area contributed by atoms with E-state index in [1.165, 1.54) is 19.3 Å². The van der Waals surface area contributed by atoms with Crippen molar-refractivity contribution >= 4 is 5.91 Å². The van der Waals surface area contributed by atoms with Crippen LogP contribution in [0, 0.1) is 0 Å². The molecule has 0 spiro atoms. The van der Waals surface area contributed by atoms with E-state index in [1.807, 2.05) is 30.3 Å². The molecule has 0 aromatic heterocycles. The van der Waals surface area contributed by atoms with Gasteiger partial charge in [-0.3, -0.25) is 4.79 Å². The van der Waals surface area contributed by atoms with E-state index in [2.05, 4.69) is 10.6 Å². The lowest BCUT2D eigenvalue weighted by Crippen LogP contribution is -2.40. The van der Waals surface area contributed by atoms with Crippen molar-refractivity contribution < 1.29 is 9.90 Å². The average molecular weight is 290 g/mol. The lowest BCUT2D eigenvalue weighted by atomic mass is 10.00. The molecule has 1 saturated heterocycles. The molecule has 1 unspecified atom stereocenters. The van der Waals surface area contributed by atoms with Gasteiger partial charge in [-0.1, -0.05) is 36.8 Å². The lowest BCUT2D eigenvalue weighted by molar-refractivity contribution is -0.122. The monoisotopic (exact) mass is 290 g/mol. The summed E-state index contributed by atoms with van der Waals surface area (Å²) in [5.74, 6) is 0.0392. The van der Waals surface area contributed by atoms with Gasteiger partial charge >= 0.3 is 0 Å². The van der Waals surface area contributed by atoms with E-state index in [4.69, 9.17) is 0 Å². The van der Waals surface area contributed by atoms with Crippen LogP contribution in [0.2, 0.25) is 0 Å². The van der Waals surface area contributed by atoms with Crippen molar-refractivity contribution in [1.29, 1.82) is 0 Å². The van der Waals surface area contributed by atoms with Gasteiger partial charge in [-0.25, -0.2) is 0 Å². The van der Waals surface area contributed by atoms with E-state index in [0.717, 1.165) is 18.5 Å². The van der Waals surface area contributed by atoms with Gasteiger partial charge in [-0.2, -0.15) is 0 Å². The Morgan fingerprint density at radius 1 is 1.33 bits per heavy atom. The molecule has 1 heterocycles. The summed E-state index contributed by atoms with van der Waals surface area (Å²) in [7, 11) is 0. The average Bonchev–Trinajstić information content (AvgIpc) is 2.54. The van der Waals surface area contributed by atoms with Gasteiger partial charge in [0.05, 0.1) is 12.6 Å². The van der Waals surface area contributed by atoms with Gasteiger partial charge in [0.1, 0.15) is 0 Å². The first-order chi connectivity index (χ1) is 10.3. The molecule has 4 nitrogen and oxygen atoms in total. The second-order valence-electron chi connectivity index (χ2n) is 5.82. The highest BCUT2D eigenvalue weighted by Gasteiger charge is 2.16. The smallest absolute Gasteiger partial charge is 0.220 e. The first-order valence-corrected chi connectivity index (χ1v) is 7.95. The Bertz CT molecular complexity index is 416. The van der Waals surface area contributed by atoms with E-state index in [0.29, 0.717) is 18.9 Å². The van der Waals surface area contributed by atoms with Gasteiger partial charge in [0.25, 0.3) is 0 Å². The number of aliphatic hydroxyl groups excluding tert-OH is 1. The van der Waals surface area contributed by atoms with Gasteiger partial charge in [-0.05, 0) is 37.8 Å². The van der Waals surface area contributed by atoms with E-state index < -0.39 is 0 Å². The zero-order valence-corrected chi connectivity index (χ0v) is 12.6. The molecule has 1 aromatic rings. The fraction of sp³-hybridized carbons (Fsp3) is 0.588. The van der Waals surface area contributed by atoms with Crippen LogP contribution >= 0.6 is 0 Å². The molecule has 1 amide bonds. The molecule has 0 radical (unpaired) electrons. The van der Waals surface area contributed by atoms with E-state index >= 15 is 0 Å². The normalized spacial score (nSPS) is 20.0. The number of nitrogens with one attached hydrogen (secondary N) is 2. The van der Waals surface area contributed by atoms with Crippen molar-refractivity contribution in [3.63, 3.8) is 0 Å². The second-order valence-corrected chi connectivity index (χ2v) is 5.82. The highest BCUT2D eigenvalue weighted by Crippen LogP contribution is 2.12. The first-order valence-electron chi connectivity index (χ1n) is 7.95. The van der Waals surface area contributed by atoms with E-state index in [9.17, 15) is 9.90 Å². The summed E-state index contributed by atoms with van der Waals surface area (Å²) in [4.78, 5) is 12.0. The number of carbonyl (C=O) groups is 1. The summed E-state index contributed by atoms with van der Waals surface area (Å²) < 4.78 is 0. The Morgan fingerprint density at radius 3 is 2.81 bits per heavy atom. The summed E-state index contributed by atoms with van der Waals surface area (Å²) in [6, 6.07) is 10.2. The number of aliphatic hydroxyl groups is 1. The third-order valence-electron chi connectivity index (χ3n) is 4.04. The third kappa shape index (κ3) is 5.86. The number of hydrogen-bond acceptors (Lipinski definition) is 3. The van der Waals surface area contributed by atoms with E-state index in [1.54, 1.807) is 0 Å². The number of piperidine rings is 1. The fourth-order valence-electron chi connectivity index (χ4n) is 2.84. The predicted molar refractivity (Wildman–Crippen MR) is 84.0 cm³/mol. The highest BCUT2D eigenvalue weighted by atomic mass is 16.3. The molecule has 2 rings (SSSR count). The van der Waals surface area contributed by atoms with Gasteiger partial charge < -0.3 is 15.7 Å². The number of carbonyl (C=O) groups excluding carboxylic acids is 1. The van der Waals surface area contributed by atoms with Crippen molar-refractivity contribution in [2.75, 3.05) is 13.2 Å². The van der Waals surface area contributed by atoms with Crippen LogP contribution in [0.1, 0.15) is 37.7 Å². The van der Waals surface area contributed by atoms with Crippen molar-refractivity contribution in [2.45, 2.75) is 50.6 Å². The van der Waals surface area contributed by atoms with Crippen molar-refractivity contribution in [3.8, 4) is 0 Å². The van der Waals surface area contributed by atoms with Crippen molar-refractivity contribution in [2.24, 2.45) is 0 Å². The minimum Gasteiger partial charge on any atom is -0.394 e. The van der Waals surface area contributed by atoms with Crippen LogP contribution < -0.4 is 10.6 Å². The maximum atomic E-state index is 12.0. The lowest BCUT2D eigenvalue weighted by Gasteiger charge is -2.23. The van der Waals surface area contributed by atoms with Crippen LogP contribution in [0.3, 0.4) is 0 Å². The van der Waals surface area contributed by atoms with Gasteiger partial charge in [0.2, 0.25) is 5.91 Å². The predicted octanol–water partition coefficient (Wildman–Crippen LogP) is 1.63. The van der Waals surface area contributed by atoms with Crippen LogP contribution in [0.25, 0.3) is 0 Å². The number of benzene rings is 1. The summed E-state index contributed by atoms with van der Waals surface area (Å²) in [6.07, 6.45) is 5.75. The topological polar surface area (TPSA) is 61.4 Å². The standard InChI is InChI=1S/C17H26N2O2/c20-13-16(12-14-6-2-1-3-7-14)19-17(21)10-9-15-8-4-5-11-18-15/h1-3,6-7,15-16,18,20H,4-5,8-13H2,(H,19,21)/t15?,16-/m0/s1. The van der Waals surface area contributed by atoms with Gasteiger partial charge in [-0.15, -0.1) is 0 Å². The maximum absolute atomic E-state index is 12.0. The largest absolute Gasteiger partial charge is 0.394 e. The minimum atomic E-state index is -0.195. The third-order valence-corrected chi connectivity index (χ3v) is 4.04. The molecular formula is C17H26N2O2. The van der Waals surface area contributed by atoms with Crippen LogP contribution in [-0.4, -0.2) is 36.2 Å². The Balaban J connectivity index is 1.71. The fourth-order valence-corrected chi connectivity index (χ4v) is 2.84. The van der Waals surface area contributed by atoms with Gasteiger partial charge in [0.15, 0.2) is 0 Å². The molecule has 21 heavy (non-hydrogen) atoms. The Hall–Kier alpha value is -1.39. The molecular weight excluding hydrogens is 264 g/mol. The van der Waals surface area contributed by atoms with Crippen LogP contribution in [0.4, 0.5) is 0 Å². The van der Waals surface area contributed by atoms with Crippen molar-refractivity contribution in [1.82, 2.24) is 10.6 Å². The molecule has 3 N–H and O–H groups in total. The summed E-state index contributed by atoms with van der Waals surface area (Å²) in [6.45, 7) is 1.04. The zero-order chi connectivity index (χ0) is 14.9. The Morgan fingerprint density at radius 2 is 2.14 bits per heavy atom. The summed E-state index contributed by atoms with van der Waals surface area (Å²) in [5.41, 5.74) is 1.13. The zero-order valence-electron chi connectivity index (χ0n) is 12.6. The number of rotatable bonds is 7. The molecule has 1 fully saturated rings. The summed E-state index contributed by atoms with van der Waals surface area (Å²) >= 11 is 0. The second kappa shape index (κ2) is 8.80. The Kier molecular flexibility index (Phi) is 6.70. The maximum Gasteiger partial charge on any atom is 0.220 e. The molecule has 1 aliphatic rings. The Labute approximate surface area is 126 Å². The molecule has 2 atom stereocenters. The SMILES string of the molecule is O=C(CCC1CCCCN1)N[C@H](CO)Cc1ccccc1. The molecule has 0 aliphatic carbocycles. The van der Waals surface area contributed by atoms with Crippen LogP contribution in [-0.2, 0) is 11.2 Å². The highest BCUT2D eigenvalue weighted by molar-refractivity contribution is 5.76. The first kappa shape index (κ1) is 16.0. The molecule has 0 saturated carbocycles. The number of amides is 1. The quantitative estimate of drug-likeness (QED) is 0.715. The molecule has 0 bridgehead atoms. The van der Waals surface area contributed by atoms with E-state index in [-0.39, 0.29) is 18.6 Å². The minimum absolute atomic E-state index is 0.0255. The molecule has 116 valence electrons. The van der Waals surface area contributed by atoms with Crippen LogP contribution in [0.15, 0.2) is 30.3 Å². The molecule has 1 aliphatic heterocycles. The molecule has 4 heteroatoms.